The highest BCUT2D eigenvalue weighted by Gasteiger charge is 2.41. The molecule has 4 unspecified atom stereocenters. The van der Waals surface area contributed by atoms with Gasteiger partial charge >= 0.3 is 0 Å². The van der Waals surface area contributed by atoms with Crippen molar-refractivity contribution in [2.75, 3.05) is 12.9 Å². The molecule has 118 valence electrons. The molecule has 0 radical (unpaired) electrons. The van der Waals surface area contributed by atoms with Crippen LogP contribution in [0.2, 0.25) is 0 Å². The van der Waals surface area contributed by atoms with Gasteiger partial charge in [0.2, 0.25) is 0 Å². The van der Waals surface area contributed by atoms with Crippen LogP contribution >= 0.6 is 0 Å². The zero-order valence-corrected chi connectivity index (χ0v) is 12.3. The van der Waals surface area contributed by atoms with Crippen molar-refractivity contribution in [2.45, 2.75) is 31.2 Å². The number of benzene rings is 1. The third-order valence-corrected chi connectivity index (χ3v) is 3.59. The Bertz CT molecular complexity index is 545. The zero-order chi connectivity index (χ0) is 15.5. The third-order valence-electron chi connectivity index (χ3n) is 2.99. The van der Waals surface area contributed by atoms with Crippen LogP contribution in [0.25, 0.3) is 0 Å². The van der Waals surface area contributed by atoms with Crippen LogP contribution in [0.4, 0.5) is 0 Å². The van der Waals surface area contributed by atoms with Crippen molar-refractivity contribution in [1.82, 2.24) is 0 Å². The Hall–Kier alpha value is -1.03. The Morgan fingerprint density at radius 2 is 1.90 bits per heavy atom. The first-order valence-corrected chi connectivity index (χ1v) is 8.20. The summed E-state index contributed by atoms with van der Waals surface area (Å²) in [5.41, 5.74) is 0.886. The molecule has 0 saturated carbocycles. The van der Waals surface area contributed by atoms with Crippen LogP contribution in [0.15, 0.2) is 30.3 Å². The lowest BCUT2D eigenvalue weighted by Gasteiger charge is -2.36. The molecule has 1 aliphatic heterocycles. The number of ether oxygens (including phenoxy) is 2. The van der Waals surface area contributed by atoms with Gasteiger partial charge in [-0.15, -0.1) is 0 Å². The van der Waals surface area contributed by atoms with E-state index in [2.05, 4.69) is 4.18 Å². The molecule has 0 spiro atoms. The Morgan fingerprint density at radius 3 is 2.52 bits per heavy atom. The van der Waals surface area contributed by atoms with Crippen molar-refractivity contribution >= 4 is 10.1 Å². The van der Waals surface area contributed by atoms with Gasteiger partial charge in [0.25, 0.3) is 10.1 Å². The fourth-order valence-electron chi connectivity index (χ4n) is 1.98. The van der Waals surface area contributed by atoms with Crippen molar-refractivity contribution in [3.8, 4) is 0 Å². The van der Waals surface area contributed by atoms with E-state index in [1.165, 1.54) is 0 Å². The van der Waals surface area contributed by atoms with E-state index in [1.807, 2.05) is 30.3 Å². The first-order chi connectivity index (χ1) is 9.87. The molecule has 21 heavy (non-hydrogen) atoms. The van der Waals surface area contributed by atoms with Crippen LogP contribution in [-0.4, -0.2) is 56.1 Å². The molecule has 2 rings (SSSR count). The Kier molecular flexibility index (Phi) is 5.31. The van der Waals surface area contributed by atoms with Crippen LogP contribution in [-0.2, 0) is 30.4 Å². The standard InChI is InChI=1S/C13H18O7S/c1-21(16,17)20-10-8-19-13(12(15)11(10)14)18-7-9-5-3-2-4-6-9/h2-6,10-15H,7-8H2,1H3. The molecule has 1 aromatic rings. The van der Waals surface area contributed by atoms with Crippen molar-refractivity contribution in [3.63, 3.8) is 0 Å². The lowest BCUT2D eigenvalue weighted by Crippen LogP contribution is -2.55. The number of aliphatic hydroxyl groups excluding tert-OH is 2. The van der Waals surface area contributed by atoms with Crippen LogP contribution in [0, 0.1) is 0 Å². The van der Waals surface area contributed by atoms with E-state index in [1.54, 1.807) is 0 Å². The summed E-state index contributed by atoms with van der Waals surface area (Å²) >= 11 is 0. The van der Waals surface area contributed by atoms with Gasteiger partial charge in [-0.1, -0.05) is 30.3 Å². The third kappa shape index (κ3) is 4.73. The molecule has 1 aliphatic rings. The van der Waals surface area contributed by atoms with E-state index in [9.17, 15) is 18.6 Å². The minimum absolute atomic E-state index is 0.190. The topological polar surface area (TPSA) is 102 Å². The minimum Gasteiger partial charge on any atom is -0.387 e. The van der Waals surface area contributed by atoms with E-state index in [0.29, 0.717) is 0 Å². The second kappa shape index (κ2) is 6.82. The fourth-order valence-corrected chi connectivity index (χ4v) is 2.59. The van der Waals surface area contributed by atoms with Crippen LogP contribution < -0.4 is 0 Å². The van der Waals surface area contributed by atoms with E-state index in [0.717, 1.165) is 11.8 Å². The molecule has 0 aromatic heterocycles. The number of hydrogen-bond acceptors (Lipinski definition) is 7. The maximum Gasteiger partial charge on any atom is 0.264 e. The van der Waals surface area contributed by atoms with Gasteiger partial charge in [0.05, 0.1) is 19.5 Å². The summed E-state index contributed by atoms with van der Waals surface area (Å²) in [7, 11) is -3.74. The summed E-state index contributed by atoms with van der Waals surface area (Å²) in [6.45, 7) is 0.0115. The zero-order valence-electron chi connectivity index (χ0n) is 11.5. The monoisotopic (exact) mass is 318 g/mol. The van der Waals surface area contributed by atoms with Gasteiger partial charge in [0, 0.05) is 0 Å². The maximum absolute atomic E-state index is 11.0. The molecule has 1 fully saturated rings. The lowest BCUT2D eigenvalue weighted by atomic mass is 10.1. The molecule has 1 heterocycles. The molecule has 2 N–H and O–H groups in total. The van der Waals surface area contributed by atoms with Crippen molar-refractivity contribution in [2.24, 2.45) is 0 Å². The average Bonchev–Trinajstić information content (AvgIpc) is 2.43. The lowest BCUT2D eigenvalue weighted by molar-refractivity contribution is -0.269. The molecule has 0 bridgehead atoms. The molecule has 1 aromatic carbocycles. The molecule has 1 saturated heterocycles. The second-order valence-corrected chi connectivity index (χ2v) is 6.42. The van der Waals surface area contributed by atoms with Crippen LogP contribution in [0.5, 0.6) is 0 Å². The van der Waals surface area contributed by atoms with Gasteiger partial charge in [0.1, 0.15) is 18.3 Å². The van der Waals surface area contributed by atoms with E-state index in [4.69, 9.17) is 9.47 Å². The predicted molar refractivity (Wildman–Crippen MR) is 72.7 cm³/mol. The SMILES string of the molecule is CS(=O)(=O)OC1COC(OCc2ccccc2)C(O)C1O. The first kappa shape index (κ1) is 16.3. The normalized spacial score (nSPS) is 30.2. The highest BCUT2D eigenvalue weighted by molar-refractivity contribution is 7.86. The van der Waals surface area contributed by atoms with Crippen molar-refractivity contribution < 1.29 is 32.3 Å². The van der Waals surface area contributed by atoms with Gasteiger partial charge in [-0.2, -0.15) is 8.42 Å². The van der Waals surface area contributed by atoms with Gasteiger partial charge in [-0.05, 0) is 5.56 Å². The second-order valence-electron chi connectivity index (χ2n) is 4.82. The van der Waals surface area contributed by atoms with Gasteiger partial charge in [0.15, 0.2) is 6.29 Å². The summed E-state index contributed by atoms with van der Waals surface area (Å²) < 4.78 is 37.4. The van der Waals surface area contributed by atoms with E-state index < -0.39 is 34.7 Å². The average molecular weight is 318 g/mol. The maximum atomic E-state index is 11.0. The largest absolute Gasteiger partial charge is 0.387 e. The van der Waals surface area contributed by atoms with Crippen LogP contribution in [0.3, 0.4) is 0 Å². The molecule has 0 amide bonds. The first-order valence-electron chi connectivity index (χ1n) is 6.38. The van der Waals surface area contributed by atoms with Crippen LogP contribution in [0.1, 0.15) is 5.56 Å². The Morgan fingerprint density at radius 1 is 1.24 bits per heavy atom. The number of hydrogen-bond donors (Lipinski definition) is 2. The molecular formula is C13H18O7S. The summed E-state index contributed by atoms with van der Waals surface area (Å²) in [6, 6.07) is 9.26. The smallest absolute Gasteiger partial charge is 0.264 e. The molecular weight excluding hydrogens is 300 g/mol. The summed E-state index contributed by atoms with van der Waals surface area (Å²) in [6.07, 6.45) is -4.13. The molecule has 4 atom stereocenters. The van der Waals surface area contributed by atoms with E-state index >= 15 is 0 Å². The number of aliphatic hydroxyl groups is 2. The van der Waals surface area contributed by atoms with Crippen molar-refractivity contribution in [3.05, 3.63) is 35.9 Å². The minimum atomic E-state index is -3.74. The van der Waals surface area contributed by atoms with E-state index in [-0.39, 0.29) is 13.2 Å². The summed E-state index contributed by atoms with van der Waals surface area (Å²) in [4.78, 5) is 0. The highest BCUT2D eigenvalue weighted by atomic mass is 32.2. The van der Waals surface area contributed by atoms with Gasteiger partial charge < -0.3 is 19.7 Å². The Balaban J connectivity index is 1.90. The molecule has 0 aliphatic carbocycles. The molecule has 8 heteroatoms. The summed E-state index contributed by atoms with van der Waals surface area (Å²) in [5, 5.41) is 19.8. The van der Waals surface area contributed by atoms with Gasteiger partial charge in [-0.3, -0.25) is 4.18 Å². The fraction of sp³-hybridized carbons (Fsp3) is 0.538. The quantitative estimate of drug-likeness (QED) is 0.714. The summed E-state index contributed by atoms with van der Waals surface area (Å²) in [5.74, 6) is 0. The molecule has 7 nitrogen and oxygen atoms in total. The predicted octanol–water partition coefficient (Wildman–Crippen LogP) is -0.374. The van der Waals surface area contributed by atoms with Crippen molar-refractivity contribution in [1.29, 1.82) is 0 Å². The highest BCUT2D eigenvalue weighted by Crippen LogP contribution is 2.21. The number of rotatable bonds is 5. The Labute approximate surface area is 123 Å². The van der Waals surface area contributed by atoms with Gasteiger partial charge in [-0.25, -0.2) is 0 Å².